The van der Waals surface area contributed by atoms with Crippen LogP contribution in [0, 0.1) is 0 Å². The first-order valence-corrected chi connectivity index (χ1v) is 13.5. The maximum Gasteiger partial charge on any atom is 0.490 e. The van der Waals surface area contributed by atoms with Crippen molar-refractivity contribution in [1.82, 2.24) is 19.4 Å². The molecule has 2 fully saturated rings. The number of amides is 1. The number of ether oxygens (including phenoxy) is 1. The largest absolute Gasteiger partial charge is 0.497 e. The first kappa shape index (κ1) is 30.8. The van der Waals surface area contributed by atoms with Gasteiger partial charge in [0.15, 0.2) is 0 Å². The Kier molecular flexibility index (Phi) is 12.1. The lowest BCUT2D eigenvalue weighted by Crippen LogP contribution is -2.47. The smallest absolute Gasteiger partial charge is 0.490 e. The molecule has 37 heavy (non-hydrogen) atoms. The number of rotatable bonds is 10. The minimum atomic E-state index is -5.08. The second-order valence-electron chi connectivity index (χ2n) is 8.67. The van der Waals surface area contributed by atoms with Crippen LogP contribution in [0.15, 0.2) is 29.2 Å². The molecule has 2 heterocycles. The third-order valence-electron chi connectivity index (χ3n) is 6.07. The minimum Gasteiger partial charge on any atom is -0.497 e. The molecule has 0 aromatic heterocycles. The maximum absolute atomic E-state index is 13.3. The molecule has 0 unspecified atom stereocenters. The van der Waals surface area contributed by atoms with E-state index in [-0.39, 0.29) is 23.8 Å². The van der Waals surface area contributed by atoms with Crippen LogP contribution in [-0.4, -0.2) is 112 Å². The highest BCUT2D eigenvalue weighted by molar-refractivity contribution is 7.89. The molecule has 3 rings (SSSR count). The fourth-order valence-corrected chi connectivity index (χ4v) is 5.50. The number of sulfonamides is 1. The Morgan fingerprint density at radius 1 is 1.05 bits per heavy atom. The number of alkyl halides is 3. The van der Waals surface area contributed by atoms with Gasteiger partial charge in [0.2, 0.25) is 15.9 Å². The van der Waals surface area contributed by atoms with Gasteiger partial charge in [0.1, 0.15) is 5.75 Å². The Hall–Kier alpha value is -2.42. The van der Waals surface area contributed by atoms with Crippen LogP contribution in [0.2, 0.25) is 0 Å². The summed E-state index contributed by atoms with van der Waals surface area (Å²) in [5, 5.41) is 10.4. The average molecular weight is 553 g/mol. The van der Waals surface area contributed by atoms with Crippen LogP contribution in [0.1, 0.15) is 25.7 Å². The summed E-state index contributed by atoms with van der Waals surface area (Å²) in [6.45, 7) is 6.62. The highest BCUT2D eigenvalue weighted by Crippen LogP contribution is 2.21. The van der Waals surface area contributed by atoms with Crippen molar-refractivity contribution >= 4 is 21.9 Å². The van der Waals surface area contributed by atoms with Crippen molar-refractivity contribution < 1.29 is 41.0 Å². The lowest BCUT2D eigenvalue weighted by atomic mass is 10.3. The number of nitrogens with one attached hydrogen (secondary N) is 1. The molecular weight excluding hydrogens is 517 g/mol. The summed E-state index contributed by atoms with van der Waals surface area (Å²) >= 11 is 0. The molecule has 1 amide bonds. The first-order valence-electron chi connectivity index (χ1n) is 12.1. The topological polar surface area (TPSA) is 119 Å². The number of likely N-dealkylation sites (tertiary alicyclic amines) is 1. The molecule has 0 spiro atoms. The second-order valence-corrected chi connectivity index (χ2v) is 10.6. The van der Waals surface area contributed by atoms with Crippen LogP contribution in [0.3, 0.4) is 0 Å². The monoisotopic (exact) mass is 552 g/mol. The summed E-state index contributed by atoms with van der Waals surface area (Å²) < 4.78 is 64.9. The number of benzene rings is 1. The third-order valence-corrected chi connectivity index (χ3v) is 7.98. The van der Waals surface area contributed by atoms with E-state index in [0.29, 0.717) is 25.4 Å². The number of halogens is 3. The van der Waals surface area contributed by atoms with Crippen LogP contribution < -0.4 is 10.1 Å². The molecule has 1 aromatic rings. The lowest BCUT2D eigenvalue weighted by Gasteiger charge is -2.29. The average Bonchev–Trinajstić information content (AvgIpc) is 3.39. The van der Waals surface area contributed by atoms with E-state index in [1.165, 1.54) is 17.1 Å². The molecule has 0 atom stereocenters. The van der Waals surface area contributed by atoms with Gasteiger partial charge in [-0.2, -0.15) is 17.5 Å². The van der Waals surface area contributed by atoms with Gasteiger partial charge in [0.05, 0.1) is 12.0 Å². The van der Waals surface area contributed by atoms with Crippen molar-refractivity contribution in [1.29, 1.82) is 0 Å². The van der Waals surface area contributed by atoms with E-state index in [0.717, 1.165) is 39.1 Å². The van der Waals surface area contributed by atoms with Crippen molar-refractivity contribution in [3.63, 3.8) is 0 Å². The van der Waals surface area contributed by atoms with Gasteiger partial charge in [-0.3, -0.25) is 4.79 Å². The van der Waals surface area contributed by atoms with Gasteiger partial charge in [-0.05, 0) is 63.2 Å². The number of aliphatic carboxylic acids is 1. The minimum absolute atomic E-state index is 0.0194. The van der Waals surface area contributed by atoms with Crippen LogP contribution in [0.25, 0.3) is 0 Å². The molecular formula is C23H35F3N4O6S. The van der Waals surface area contributed by atoms with E-state index in [1.807, 2.05) is 4.90 Å². The van der Waals surface area contributed by atoms with Gasteiger partial charge >= 0.3 is 12.1 Å². The van der Waals surface area contributed by atoms with Crippen molar-refractivity contribution in [2.75, 3.05) is 66.0 Å². The van der Waals surface area contributed by atoms with Crippen LogP contribution in [0.4, 0.5) is 13.2 Å². The summed E-state index contributed by atoms with van der Waals surface area (Å²) in [6, 6.07) is 6.45. The highest BCUT2D eigenvalue weighted by Gasteiger charge is 2.38. The quantitative estimate of drug-likeness (QED) is 0.450. The highest BCUT2D eigenvalue weighted by atomic mass is 32.2. The normalized spacial score (nSPS) is 16.8. The molecule has 2 aliphatic rings. The molecule has 0 bridgehead atoms. The van der Waals surface area contributed by atoms with Crippen LogP contribution in [-0.2, 0) is 19.6 Å². The fraction of sp³-hybridized carbons (Fsp3) is 0.652. The Bertz CT molecular complexity index is 964. The van der Waals surface area contributed by atoms with E-state index in [2.05, 4.69) is 10.2 Å². The Morgan fingerprint density at radius 2 is 1.62 bits per heavy atom. The molecule has 1 aromatic carbocycles. The fourth-order valence-electron chi connectivity index (χ4n) is 4.02. The van der Waals surface area contributed by atoms with Crippen molar-refractivity contribution in [3.05, 3.63) is 24.3 Å². The van der Waals surface area contributed by atoms with Crippen molar-refractivity contribution in [2.24, 2.45) is 0 Å². The van der Waals surface area contributed by atoms with Gasteiger partial charge in [-0.25, -0.2) is 13.2 Å². The van der Waals surface area contributed by atoms with Crippen LogP contribution in [0.5, 0.6) is 5.75 Å². The number of carbonyl (C=O) groups is 2. The number of nitrogens with zero attached hydrogens (tertiary/aromatic N) is 3. The number of piperazine rings is 1. The SMILES string of the molecule is COc1ccc(S(=O)(=O)N(CCCN2CCCC2)CCC(=O)N2CCNCC2)cc1.O=C(O)C(F)(F)F. The molecule has 10 nitrogen and oxygen atoms in total. The zero-order valence-electron chi connectivity index (χ0n) is 20.9. The molecule has 0 aliphatic carbocycles. The molecule has 0 radical (unpaired) electrons. The summed E-state index contributed by atoms with van der Waals surface area (Å²) in [5.74, 6) is -2.12. The van der Waals surface area contributed by atoms with Crippen molar-refractivity contribution in [3.8, 4) is 5.75 Å². The standard InChI is InChI=1S/C21H34N4O4S.C2HF3O2/c1-29-19-5-7-20(8-6-19)30(27,28)25(15-4-14-23-12-2-3-13-23)16-9-21(26)24-17-10-22-11-18-24;3-2(4,5)1(6)7/h5-8,22H,2-4,9-18H2,1H3;(H,6,7). The van der Waals surface area contributed by atoms with Gasteiger partial charge in [-0.1, -0.05) is 0 Å². The Morgan fingerprint density at radius 3 is 2.14 bits per heavy atom. The van der Waals surface area contributed by atoms with E-state index >= 15 is 0 Å². The van der Waals surface area contributed by atoms with Gasteiger partial charge in [0, 0.05) is 45.7 Å². The first-order chi connectivity index (χ1) is 17.4. The summed E-state index contributed by atoms with van der Waals surface area (Å²) in [7, 11) is -2.12. The zero-order valence-corrected chi connectivity index (χ0v) is 21.7. The maximum atomic E-state index is 13.3. The molecule has 210 valence electrons. The predicted molar refractivity (Wildman–Crippen MR) is 130 cm³/mol. The zero-order chi connectivity index (χ0) is 27.5. The van der Waals surface area contributed by atoms with Gasteiger partial charge in [0.25, 0.3) is 0 Å². The van der Waals surface area contributed by atoms with E-state index in [9.17, 15) is 26.4 Å². The summed E-state index contributed by atoms with van der Waals surface area (Å²) in [6.07, 6.45) is -1.68. The number of carboxylic acid groups (broad SMARTS) is 1. The molecule has 2 N–H and O–H groups in total. The van der Waals surface area contributed by atoms with Gasteiger partial charge in [-0.15, -0.1) is 0 Å². The van der Waals surface area contributed by atoms with Crippen molar-refractivity contribution in [2.45, 2.75) is 36.8 Å². The number of methoxy groups -OCH3 is 1. The molecule has 2 aliphatic heterocycles. The predicted octanol–water partition coefficient (Wildman–Crippen LogP) is 1.63. The molecule has 0 saturated carbocycles. The second kappa shape index (κ2) is 14.5. The number of carbonyl (C=O) groups excluding carboxylic acids is 1. The lowest BCUT2D eigenvalue weighted by molar-refractivity contribution is -0.192. The van der Waals surface area contributed by atoms with Crippen LogP contribution >= 0.6 is 0 Å². The molecule has 14 heteroatoms. The van der Waals surface area contributed by atoms with E-state index < -0.39 is 22.2 Å². The number of hydrogen-bond acceptors (Lipinski definition) is 7. The summed E-state index contributed by atoms with van der Waals surface area (Å²) in [4.78, 5) is 25.9. The number of hydrogen-bond donors (Lipinski definition) is 2. The van der Waals surface area contributed by atoms with Gasteiger partial charge < -0.3 is 25.0 Å². The van der Waals surface area contributed by atoms with E-state index in [4.69, 9.17) is 14.6 Å². The van der Waals surface area contributed by atoms with E-state index in [1.54, 1.807) is 31.4 Å². The Labute approximate surface area is 215 Å². The summed E-state index contributed by atoms with van der Waals surface area (Å²) in [5.41, 5.74) is 0. The Balaban J connectivity index is 0.000000604. The number of carboxylic acids is 1. The molecule has 2 saturated heterocycles. The third kappa shape index (κ3) is 10.1.